The molecule has 1 rings (SSSR count). The van der Waals surface area contributed by atoms with E-state index in [9.17, 15) is 4.53 Å². The minimum Gasteiger partial charge on any atom is -0.294 e. The van der Waals surface area contributed by atoms with Crippen molar-refractivity contribution < 1.29 is 9.47 Å². The first-order chi connectivity index (χ1) is 6.13. The lowest BCUT2D eigenvalue weighted by Crippen LogP contribution is -2.03. The molecule has 0 bridgehead atoms. The Labute approximate surface area is 81.1 Å². The first-order valence-corrected chi connectivity index (χ1v) is 6.67. The van der Waals surface area contributed by atoms with E-state index in [2.05, 4.69) is 18.3 Å². The molecule has 0 N–H and O–H groups in total. The molecular weight excluding hydrogens is 185 g/mol. The molecule has 70 valence electrons. The molecule has 0 aromatic carbocycles. The van der Waals surface area contributed by atoms with Gasteiger partial charge in [0, 0.05) is 4.53 Å². The Kier molecular flexibility index (Phi) is 3.99. The molecule has 4 heteroatoms. The van der Waals surface area contributed by atoms with Crippen LogP contribution in [0.4, 0.5) is 4.53 Å². The van der Waals surface area contributed by atoms with Crippen LogP contribution in [0.2, 0.25) is 0 Å². The van der Waals surface area contributed by atoms with Crippen LogP contribution in [0.15, 0.2) is 22.9 Å². The highest BCUT2D eigenvalue weighted by Gasteiger charge is 2.14. The zero-order valence-corrected chi connectivity index (χ0v) is 8.90. The molecule has 0 atom stereocenters. The van der Waals surface area contributed by atoms with E-state index < -0.39 is 0 Å². The SMILES string of the molecule is [B]C1=CC(OF)=C(CP(C)C)CC1. The molecule has 0 spiro atoms. The molecule has 0 aromatic heterocycles. The molecule has 0 aromatic rings. The van der Waals surface area contributed by atoms with E-state index in [0.29, 0.717) is 11.2 Å². The van der Waals surface area contributed by atoms with Gasteiger partial charge in [0.1, 0.15) is 7.85 Å². The minimum atomic E-state index is -0.0445. The largest absolute Gasteiger partial charge is 0.294 e. The van der Waals surface area contributed by atoms with Gasteiger partial charge >= 0.3 is 0 Å². The molecule has 13 heavy (non-hydrogen) atoms. The fraction of sp³-hybridized carbons (Fsp3) is 0.556. The predicted octanol–water partition coefficient (Wildman–Crippen LogP) is 2.73. The van der Waals surface area contributed by atoms with E-state index in [4.69, 9.17) is 7.85 Å². The van der Waals surface area contributed by atoms with Gasteiger partial charge in [-0.3, -0.25) is 4.94 Å². The maximum Gasteiger partial charge on any atom is 0.170 e. The van der Waals surface area contributed by atoms with Crippen molar-refractivity contribution >= 4 is 15.8 Å². The molecule has 1 aliphatic carbocycles. The molecule has 0 unspecified atom stereocenters. The topological polar surface area (TPSA) is 9.23 Å². The van der Waals surface area contributed by atoms with Crippen LogP contribution in [0.25, 0.3) is 0 Å². The first-order valence-electron chi connectivity index (χ1n) is 4.25. The van der Waals surface area contributed by atoms with Crippen LogP contribution in [0.1, 0.15) is 12.8 Å². The second-order valence-electron chi connectivity index (χ2n) is 3.50. The van der Waals surface area contributed by atoms with Crippen LogP contribution in [-0.2, 0) is 4.94 Å². The van der Waals surface area contributed by atoms with Crippen molar-refractivity contribution in [3.63, 3.8) is 0 Å². The summed E-state index contributed by atoms with van der Waals surface area (Å²) in [6.45, 7) is 4.33. The Morgan fingerprint density at radius 2 is 2.23 bits per heavy atom. The highest BCUT2D eigenvalue weighted by molar-refractivity contribution is 7.56. The maximum atomic E-state index is 12.1. The lowest BCUT2D eigenvalue weighted by Gasteiger charge is -2.17. The Balaban J connectivity index is 2.77. The van der Waals surface area contributed by atoms with E-state index in [1.54, 1.807) is 6.08 Å². The van der Waals surface area contributed by atoms with Crippen LogP contribution in [0.3, 0.4) is 0 Å². The summed E-state index contributed by atoms with van der Waals surface area (Å²) in [5.41, 5.74) is 1.76. The van der Waals surface area contributed by atoms with Gasteiger partial charge in [-0.2, -0.15) is 0 Å². The monoisotopic (exact) mass is 198 g/mol. The van der Waals surface area contributed by atoms with Gasteiger partial charge < -0.3 is 0 Å². The van der Waals surface area contributed by atoms with Crippen molar-refractivity contribution in [2.75, 3.05) is 19.5 Å². The highest BCUT2D eigenvalue weighted by atomic mass is 31.1. The summed E-state index contributed by atoms with van der Waals surface area (Å²) in [7, 11) is 5.53. The molecule has 0 saturated carbocycles. The number of hydrogen-bond donors (Lipinski definition) is 0. The van der Waals surface area contributed by atoms with E-state index >= 15 is 0 Å². The molecular formula is C9H13BFOP. The number of hydrogen-bond acceptors (Lipinski definition) is 1. The lowest BCUT2D eigenvalue weighted by atomic mass is 9.85. The fourth-order valence-electron chi connectivity index (χ4n) is 1.38. The second-order valence-corrected chi connectivity index (χ2v) is 5.98. The summed E-state index contributed by atoms with van der Waals surface area (Å²) in [4.78, 5) is 3.81. The second kappa shape index (κ2) is 4.81. The fourth-order valence-corrected chi connectivity index (χ4v) is 2.45. The van der Waals surface area contributed by atoms with Gasteiger partial charge in [-0.15, -0.1) is 13.4 Å². The quantitative estimate of drug-likeness (QED) is 0.500. The van der Waals surface area contributed by atoms with E-state index in [1.165, 1.54) is 0 Å². The Morgan fingerprint density at radius 3 is 2.77 bits per heavy atom. The molecule has 1 nitrogen and oxygen atoms in total. The maximum absolute atomic E-state index is 12.1. The van der Waals surface area contributed by atoms with Crippen LogP contribution in [0.5, 0.6) is 0 Å². The average Bonchev–Trinajstić information content (AvgIpc) is 2.07. The number of halogens is 1. The zero-order valence-electron chi connectivity index (χ0n) is 8.01. The Hall–Kier alpha value is -0.295. The van der Waals surface area contributed by atoms with Crippen molar-refractivity contribution in [2.45, 2.75) is 12.8 Å². The molecule has 0 amide bonds. The standard InChI is InChI=1S/C9H13BFOP/c1-13(2)6-7-3-4-8(10)5-9(7)12-11/h5H,3-4,6H2,1-2H3. The van der Waals surface area contributed by atoms with Crippen molar-refractivity contribution in [1.82, 2.24) is 0 Å². The first kappa shape index (κ1) is 10.8. The average molecular weight is 198 g/mol. The molecule has 2 radical (unpaired) electrons. The van der Waals surface area contributed by atoms with Crippen LogP contribution < -0.4 is 0 Å². The van der Waals surface area contributed by atoms with E-state index in [-0.39, 0.29) is 7.92 Å². The summed E-state index contributed by atoms with van der Waals surface area (Å²) in [5, 5.41) is 0. The molecule has 0 saturated heterocycles. The molecule has 1 aliphatic rings. The summed E-state index contributed by atoms with van der Waals surface area (Å²) in [5.74, 6) is 0.333. The van der Waals surface area contributed by atoms with Gasteiger partial charge in [-0.05, 0) is 44.0 Å². The van der Waals surface area contributed by atoms with Crippen molar-refractivity contribution in [3.8, 4) is 0 Å². The number of rotatable bonds is 3. The highest BCUT2D eigenvalue weighted by Crippen LogP contribution is 2.34. The molecule has 0 heterocycles. The summed E-state index contributed by atoms with van der Waals surface area (Å²) >= 11 is 0. The van der Waals surface area contributed by atoms with Gasteiger partial charge in [0.2, 0.25) is 0 Å². The third kappa shape index (κ3) is 3.15. The molecule has 0 fully saturated rings. The number of allylic oxidation sites excluding steroid dienone is 3. The third-order valence-electron chi connectivity index (χ3n) is 1.97. The zero-order chi connectivity index (χ0) is 9.84. The van der Waals surface area contributed by atoms with E-state index in [0.717, 1.165) is 24.6 Å². The van der Waals surface area contributed by atoms with Crippen molar-refractivity contribution in [1.29, 1.82) is 0 Å². The predicted molar refractivity (Wildman–Crippen MR) is 55.9 cm³/mol. The van der Waals surface area contributed by atoms with Gasteiger partial charge in [-0.1, -0.05) is 0 Å². The minimum absolute atomic E-state index is 0.0445. The summed E-state index contributed by atoms with van der Waals surface area (Å²) in [6.07, 6.45) is 4.20. The summed E-state index contributed by atoms with van der Waals surface area (Å²) < 4.78 is 12.1. The molecule has 0 aliphatic heterocycles. The van der Waals surface area contributed by atoms with Gasteiger partial charge in [-0.25, -0.2) is 0 Å². The Morgan fingerprint density at radius 1 is 1.54 bits per heavy atom. The van der Waals surface area contributed by atoms with E-state index in [1.807, 2.05) is 0 Å². The van der Waals surface area contributed by atoms with Gasteiger partial charge in [0.25, 0.3) is 0 Å². The lowest BCUT2D eigenvalue weighted by molar-refractivity contribution is -0.0786. The van der Waals surface area contributed by atoms with Crippen molar-refractivity contribution in [3.05, 3.63) is 22.9 Å². The van der Waals surface area contributed by atoms with Crippen molar-refractivity contribution in [2.24, 2.45) is 0 Å². The Bertz CT molecular complexity index is 248. The van der Waals surface area contributed by atoms with Crippen LogP contribution >= 0.6 is 7.92 Å². The smallest absolute Gasteiger partial charge is 0.170 e. The van der Waals surface area contributed by atoms with Crippen LogP contribution in [0, 0.1) is 0 Å². The summed E-state index contributed by atoms with van der Waals surface area (Å²) in [6, 6.07) is 0. The third-order valence-corrected chi connectivity index (χ3v) is 2.98. The van der Waals surface area contributed by atoms with Crippen LogP contribution in [-0.4, -0.2) is 27.3 Å². The van der Waals surface area contributed by atoms with Gasteiger partial charge in [0.05, 0.1) is 0 Å². The van der Waals surface area contributed by atoms with Gasteiger partial charge in [0.15, 0.2) is 5.76 Å². The normalized spacial score (nSPS) is 17.7.